The predicted molar refractivity (Wildman–Crippen MR) is 60.8 cm³/mol. The largest absolute Gasteiger partial charge is 0.465 e. The molecule has 0 radical (unpaired) electrons. The smallest absolute Gasteiger partial charge is 0.308 e. The molecule has 4 nitrogen and oxygen atoms in total. The molecule has 0 aliphatic carbocycles. The highest BCUT2D eigenvalue weighted by Gasteiger charge is 2.20. The number of hydrogen-bond donors (Lipinski definition) is 1. The summed E-state index contributed by atoms with van der Waals surface area (Å²) in [4.78, 5) is 11.5. The Morgan fingerprint density at radius 1 is 1.50 bits per heavy atom. The van der Waals surface area contributed by atoms with E-state index in [0.717, 1.165) is 5.76 Å². The van der Waals surface area contributed by atoms with Gasteiger partial charge in [0.15, 0.2) is 0 Å². The molecule has 16 heavy (non-hydrogen) atoms. The zero-order valence-electron chi connectivity index (χ0n) is 10.2. The quantitative estimate of drug-likeness (QED) is 0.802. The first-order valence-electron chi connectivity index (χ1n) is 5.32. The van der Waals surface area contributed by atoms with Crippen LogP contribution in [0.2, 0.25) is 0 Å². The summed E-state index contributed by atoms with van der Waals surface area (Å²) in [5, 5.41) is 0. The second-order valence-electron chi connectivity index (χ2n) is 4.85. The zero-order valence-corrected chi connectivity index (χ0v) is 10.2. The summed E-state index contributed by atoms with van der Waals surface area (Å²) in [7, 11) is 0. The van der Waals surface area contributed by atoms with E-state index in [4.69, 9.17) is 14.9 Å². The fourth-order valence-electron chi connectivity index (χ4n) is 1.32. The van der Waals surface area contributed by atoms with E-state index < -0.39 is 11.6 Å². The highest BCUT2D eigenvalue weighted by molar-refractivity contribution is 5.70. The van der Waals surface area contributed by atoms with Crippen molar-refractivity contribution in [2.75, 3.05) is 0 Å². The molecule has 4 heteroatoms. The molecule has 0 amide bonds. The van der Waals surface area contributed by atoms with Gasteiger partial charge in [-0.05, 0) is 39.8 Å². The summed E-state index contributed by atoms with van der Waals surface area (Å²) >= 11 is 0. The summed E-state index contributed by atoms with van der Waals surface area (Å²) in [5.41, 5.74) is 5.36. The zero-order chi connectivity index (χ0) is 12.3. The predicted octanol–water partition coefficient (Wildman–Crippen LogP) is 2.32. The number of aryl methyl sites for hydroxylation is 1. The Balaban J connectivity index is 2.52. The Morgan fingerprint density at radius 3 is 2.56 bits per heavy atom. The van der Waals surface area contributed by atoms with Crippen molar-refractivity contribution in [1.82, 2.24) is 0 Å². The van der Waals surface area contributed by atoms with E-state index in [1.807, 2.05) is 33.8 Å². The van der Waals surface area contributed by atoms with Crippen LogP contribution >= 0.6 is 0 Å². The van der Waals surface area contributed by atoms with Gasteiger partial charge in [0.2, 0.25) is 0 Å². The molecule has 0 saturated carbocycles. The summed E-state index contributed by atoms with van der Waals surface area (Å²) in [6.07, 6.45) is 0.129. The molecule has 0 aliphatic rings. The number of furan rings is 1. The number of carbonyl (C=O) groups is 1. The molecule has 0 spiro atoms. The van der Waals surface area contributed by atoms with Crippen molar-refractivity contribution >= 4 is 5.97 Å². The second-order valence-corrected chi connectivity index (χ2v) is 4.85. The molecule has 0 aliphatic heterocycles. The topological polar surface area (TPSA) is 65.5 Å². The van der Waals surface area contributed by atoms with Gasteiger partial charge in [-0.15, -0.1) is 0 Å². The lowest BCUT2D eigenvalue weighted by molar-refractivity contribution is -0.155. The van der Waals surface area contributed by atoms with E-state index in [1.165, 1.54) is 0 Å². The maximum Gasteiger partial charge on any atom is 0.308 e. The molecule has 0 bridgehead atoms. The van der Waals surface area contributed by atoms with Crippen molar-refractivity contribution in [3.05, 3.63) is 23.7 Å². The first kappa shape index (κ1) is 12.8. The van der Waals surface area contributed by atoms with Crippen LogP contribution in [0.3, 0.4) is 0 Å². The van der Waals surface area contributed by atoms with E-state index >= 15 is 0 Å². The van der Waals surface area contributed by atoms with Crippen LogP contribution in [0, 0.1) is 6.92 Å². The molecule has 1 aromatic heterocycles. The molecule has 0 fully saturated rings. The van der Waals surface area contributed by atoms with Gasteiger partial charge in [-0.2, -0.15) is 0 Å². The van der Waals surface area contributed by atoms with E-state index in [2.05, 4.69) is 0 Å². The van der Waals surface area contributed by atoms with Crippen molar-refractivity contribution in [1.29, 1.82) is 0 Å². The molecular weight excluding hydrogens is 206 g/mol. The van der Waals surface area contributed by atoms with Crippen LogP contribution in [0.25, 0.3) is 0 Å². The molecule has 0 unspecified atom stereocenters. The molecule has 1 rings (SSSR count). The fourth-order valence-corrected chi connectivity index (χ4v) is 1.32. The van der Waals surface area contributed by atoms with Crippen LogP contribution in [-0.2, 0) is 9.53 Å². The maximum absolute atomic E-state index is 11.5. The van der Waals surface area contributed by atoms with Crippen molar-refractivity contribution in [2.45, 2.75) is 45.8 Å². The average molecular weight is 225 g/mol. The van der Waals surface area contributed by atoms with Crippen LogP contribution in [0.1, 0.15) is 44.8 Å². The normalized spacial score (nSPS) is 13.6. The third-order valence-electron chi connectivity index (χ3n) is 1.93. The van der Waals surface area contributed by atoms with Gasteiger partial charge in [0, 0.05) is 0 Å². The minimum atomic E-state index is -0.476. The molecule has 1 atom stereocenters. The Hall–Kier alpha value is -1.29. The first-order chi connectivity index (χ1) is 7.28. The molecule has 0 saturated heterocycles. The summed E-state index contributed by atoms with van der Waals surface area (Å²) in [6, 6.07) is 3.16. The Kier molecular flexibility index (Phi) is 3.75. The van der Waals surface area contributed by atoms with Gasteiger partial charge in [-0.3, -0.25) is 4.79 Å². The van der Waals surface area contributed by atoms with Crippen LogP contribution in [0.5, 0.6) is 0 Å². The molecular formula is C12H19NO3. The average Bonchev–Trinajstić information content (AvgIpc) is 2.47. The molecule has 1 heterocycles. The van der Waals surface area contributed by atoms with Crippen molar-refractivity contribution in [3.63, 3.8) is 0 Å². The summed E-state index contributed by atoms with van der Waals surface area (Å²) < 4.78 is 10.5. The summed E-state index contributed by atoms with van der Waals surface area (Å²) in [6.45, 7) is 7.32. The number of ether oxygens (including phenoxy) is 1. The van der Waals surface area contributed by atoms with Crippen LogP contribution in [0.15, 0.2) is 16.5 Å². The second kappa shape index (κ2) is 4.70. The van der Waals surface area contributed by atoms with Crippen LogP contribution < -0.4 is 5.73 Å². The van der Waals surface area contributed by atoms with Crippen LogP contribution in [0.4, 0.5) is 0 Å². The number of nitrogens with two attached hydrogens (primary N) is 1. The number of rotatable bonds is 3. The molecule has 90 valence electrons. The maximum atomic E-state index is 11.5. The molecule has 2 N–H and O–H groups in total. The van der Waals surface area contributed by atoms with Gasteiger partial charge in [0.25, 0.3) is 0 Å². The monoisotopic (exact) mass is 225 g/mol. The van der Waals surface area contributed by atoms with E-state index in [0.29, 0.717) is 5.76 Å². The highest BCUT2D eigenvalue weighted by Crippen LogP contribution is 2.19. The van der Waals surface area contributed by atoms with Crippen molar-refractivity contribution in [3.8, 4) is 0 Å². The SMILES string of the molecule is Cc1ccc([C@@H](N)CC(=O)OC(C)(C)C)o1. The van der Waals surface area contributed by atoms with Gasteiger partial charge >= 0.3 is 5.97 Å². The van der Waals surface area contributed by atoms with Gasteiger partial charge in [-0.25, -0.2) is 0 Å². The lowest BCUT2D eigenvalue weighted by Crippen LogP contribution is -2.26. The minimum Gasteiger partial charge on any atom is -0.465 e. The Bertz CT molecular complexity index is 363. The van der Waals surface area contributed by atoms with Gasteiger partial charge in [0.05, 0.1) is 12.5 Å². The number of carbonyl (C=O) groups excluding carboxylic acids is 1. The van der Waals surface area contributed by atoms with Gasteiger partial charge in [-0.1, -0.05) is 0 Å². The van der Waals surface area contributed by atoms with E-state index in [1.54, 1.807) is 6.07 Å². The van der Waals surface area contributed by atoms with Crippen molar-refractivity contribution in [2.24, 2.45) is 5.73 Å². The van der Waals surface area contributed by atoms with Crippen molar-refractivity contribution < 1.29 is 13.9 Å². The number of hydrogen-bond acceptors (Lipinski definition) is 4. The third kappa shape index (κ3) is 4.06. The van der Waals surface area contributed by atoms with Gasteiger partial charge < -0.3 is 14.9 Å². The van der Waals surface area contributed by atoms with Gasteiger partial charge in [0.1, 0.15) is 17.1 Å². The molecule has 0 aromatic carbocycles. The summed E-state index contributed by atoms with van der Waals surface area (Å²) in [5.74, 6) is 1.09. The van der Waals surface area contributed by atoms with E-state index in [-0.39, 0.29) is 12.4 Å². The lowest BCUT2D eigenvalue weighted by Gasteiger charge is -2.20. The Morgan fingerprint density at radius 2 is 2.12 bits per heavy atom. The first-order valence-corrected chi connectivity index (χ1v) is 5.32. The number of esters is 1. The van der Waals surface area contributed by atoms with E-state index in [9.17, 15) is 4.79 Å². The standard InChI is InChI=1S/C12H19NO3/c1-8-5-6-10(15-8)9(13)7-11(14)16-12(2,3)4/h5-6,9H,7,13H2,1-4H3/t9-/m0/s1. The fraction of sp³-hybridized carbons (Fsp3) is 0.583. The highest BCUT2D eigenvalue weighted by atomic mass is 16.6. The molecule has 1 aromatic rings. The minimum absolute atomic E-state index is 0.129. The third-order valence-corrected chi connectivity index (χ3v) is 1.93. The lowest BCUT2D eigenvalue weighted by atomic mass is 10.1. The van der Waals surface area contributed by atoms with Crippen LogP contribution in [-0.4, -0.2) is 11.6 Å². The Labute approximate surface area is 95.8 Å².